The fourth-order valence-corrected chi connectivity index (χ4v) is 7.55. The number of aliphatic hydroxyl groups excluding tert-OH is 1. The summed E-state index contributed by atoms with van der Waals surface area (Å²) in [4.78, 5) is 32.2. The number of aliphatic hydroxyl groups is 1. The number of benzene rings is 2. The normalized spacial score (nSPS) is 19.6. The first-order valence-corrected chi connectivity index (χ1v) is 16.1. The summed E-state index contributed by atoms with van der Waals surface area (Å²) in [5.74, 6) is -0.999. The van der Waals surface area contributed by atoms with Crippen LogP contribution in [0.5, 0.6) is 5.75 Å². The number of ether oxygens (including phenoxy) is 1. The summed E-state index contributed by atoms with van der Waals surface area (Å²) in [6, 6.07) is 8.72. The van der Waals surface area contributed by atoms with Gasteiger partial charge in [0, 0.05) is 37.3 Å². The molecule has 2 saturated heterocycles. The van der Waals surface area contributed by atoms with Crippen LogP contribution >= 0.6 is 0 Å². The Morgan fingerprint density at radius 3 is 2.34 bits per heavy atom. The maximum Gasteiger partial charge on any atom is 0.573 e. The second-order valence-electron chi connectivity index (χ2n) is 11.6. The van der Waals surface area contributed by atoms with Gasteiger partial charge in [-0.3, -0.25) is 14.6 Å². The molecular weight excluding hydrogens is 601 g/mol. The van der Waals surface area contributed by atoms with Crippen LogP contribution in [-0.4, -0.2) is 90.3 Å². The number of amidine groups is 1. The van der Waals surface area contributed by atoms with Gasteiger partial charge in [-0.1, -0.05) is 12.1 Å². The summed E-state index contributed by atoms with van der Waals surface area (Å²) >= 11 is 0. The Morgan fingerprint density at radius 2 is 1.73 bits per heavy atom. The third kappa shape index (κ3) is 6.92. The molecule has 2 aromatic rings. The number of nitrogens with one attached hydrogen (secondary N) is 1. The zero-order valence-electron chi connectivity index (χ0n) is 24.5. The van der Waals surface area contributed by atoms with Gasteiger partial charge < -0.3 is 20.1 Å². The van der Waals surface area contributed by atoms with Gasteiger partial charge in [-0.05, 0) is 86.9 Å². The molecule has 2 fully saturated rings. The van der Waals surface area contributed by atoms with Crippen LogP contribution in [0.4, 0.5) is 13.2 Å². The monoisotopic (exact) mass is 636 g/mol. The van der Waals surface area contributed by atoms with Gasteiger partial charge >= 0.3 is 6.36 Å². The molecule has 2 N–H and O–H groups in total. The van der Waals surface area contributed by atoms with E-state index < -0.39 is 33.6 Å². The average Bonchev–Trinajstić information content (AvgIpc) is 3.27. The Labute approximate surface area is 253 Å². The highest BCUT2D eigenvalue weighted by atomic mass is 32.2. The summed E-state index contributed by atoms with van der Waals surface area (Å²) in [6.45, 7) is 4.84. The second-order valence-corrected chi connectivity index (χ2v) is 13.7. The molecule has 3 aliphatic heterocycles. The van der Waals surface area contributed by atoms with Gasteiger partial charge in [-0.25, -0.2) is 12.7 Å². The number of carbonyl (C=O) groups is 2. The Balaban J connectivity index is 1.21. The van der Waals surface area contributed by atoms with Gasteiger partial charge in [0.15, 0.2) is 0 Å². The summed E-state index contributed by atoms with van der Waals surface area (Å²) in [7, 11) is -3.69. The van der Waals surface area contributed by atoms with E-state index in [0.717, 1.165) is 28.8 Å². The lowest BCUT2D eigenvalue weighted by Crippen LogP contribution is -2.50. The molecule has 14 heteroatoms. The van der Waals surface area contributed by atoms with Gasteiger partial charge in [-0.2, -0.15) is 0 Å². The maximum absolute atomic E-state index is 13.3. The maximum atomic E-state index is 13.3. The lowest BCUT2D eigenvalue weighted by Gasteiger charge is -2.34. The quantitative estimate of drug-likeness (QED) is 0.481. The number of likely N-dealkylation sites (tertiary alicyclic amines) is 1. The molecule has 0 bridgehead atoms. The summed E-state index contributed by atoms with van der Waals surface area (Å²) < 4.78 is 69.9. The fraction of sp³-hybridized carbons (Fsp3) is 0.500. The standard InChI is InChI=1S/C30H35F3N4O6S/c1-19-16-22(27(39)36-11-6-23(38)7-12-36)17-20(2)25(19)8-15-44(41,42)37-13-9-29(10-14-37)28(40)34-26(35-29)21-4-3-5-24(18-21)43-30(31,32)33/h3-5,16-18,23,38H,6-15H2,1-2H3,(H,34,35,40). The lowest BCUT2D eigenvalue weighted by atomic mass is 9.89. The van der Waals surface area contributed by atoms with Crippen molar-refractivity contribution in [2.75, 3.05) is 31.9 Å². The number of alkyl halides is 3. The Morgan fingerprint density at radius 1 is 1.09 bits per heavy atom. The van der Waals surface area contributed by atoms with Gasteiger partial charge in [0.05, 0.1) is 11.9 Å². The van der Waals surface area contributed by atoms with Crippen molar-refractivity contribution in [3.63, 3.8) is 0 Å². The van der Waals surface area contributed by atoms with Crippen molar-refractivity contribution >= 4 is 27.7 Å². The molecule has 0 unspecified atom stereocenters. The number of aliphatic imine (C=N–C) groups is 1. The number of aryl methyl sites for hydroxylation is 2. The van der Waals surface area contributed by atoms with Crippen molar-refractivity contribution < 1.29 is 41.0 Å². The Bertz CT molecular complexity index is 1550. The molecule has 2 amide bonds. The molecule has 0 radical (unpaired) electrons. The smallest absolute Gasteiger partial charge is 0.406 e. The van der Waals surface area contributed by atoms with Crippen molar-refractivity contribution in [1.29, 1.82) is 0 Å². The van der Waals surface area contributed by atoms with Crippen LogP contribution in [0.3, 0.4) is 0 Å². The molecule has 5 rings (SSSR count). The highest BCUT2D eigenvalue weighted by Gasteiger charge is 2.47. The molecule has 0 atom stereocenters. The van der Waals surface area contributed by atoms with E-state index in [2.05, 4.69) is 15.0 Å². The molecule has 0 saturated carbocycles. The van der Waals surface area contributed by atoms with Gasteiger partial charge in [0.1, 0.15) is 17.1 Å². The summed E-state index contributed by atoms with van der Waals surface area (Å²) in [6.07, 6.45) is -3.65. The number of halogens is 3. The number of carbonyl (C=O) groups excluding carboxylic acids is 2. The van der Waals surface area contributed by atoms with Crippen molar-refractivity contribution in [3.8, 4) is 5.75 Å². The number of hydrogen-bond acceptors (Lipinski definition) is 7. The van der Waals surface area contributed by atoms with Crippen molar-refractivity contribution in [2.24, 2.45) is 4.99 Å². The fourth-order valence-electron chi connectivity index (χ4n) is 6.09. The average molecular weight is 637 g/mol. The molecule has 1 spiro atoms. The predicted molar refractivity (Wildman–Crippen MR) is 156 cm³/mol. The SMILES string of the molecule is Cc1cc(C(=O)N2CCC(O)CC2)cc(C)c1CCS(=O)(=O)N1CCC2(CC1)N=C(c1cccc(OC(F)(F)F)c1)NC2=O. The van der Waals surface area contributed by atoms with Crippen LogP contribution in [0.2, 0.25) is 0 Å². The van der Waals surface area contributed by atoms with Crippen LogP contribution in [0.25, 0.3) is 0 Å². The third-order valence-corrected chi connectivity index (χ3v) is 10.4. The van der Waals surface area contributed by atoms with E-state index in [0.29, 0.717) is 31.5 Å². The van der Waals surface area contributed by atoms with E-state index in [9.17, 15) is 36.3 Å². The van der Waals surface area contributed by atoms with E-state index in [4.69, 9.17) is 0 Å². The molecule has 2 aromatic carbocycles. The summed E-state index contributed by atoms with van der Waals surface area (Å²) in [5.41, 5.74) is 2.09. The first kappa shape index (κ1) is 31.9. The van der Waals surface area contributed by atoms with Crippen LogP contribution < -0.4 is 10.1 Å². The minimum absolute atomic E-state index is 0.0691. The van der Waals surface area contributed by atoms with Crippen molar-refractivity contribution in [2.45, 2.75) is 64.0 Å². The largest absolute Gasteiger partial charge is 0.573 e. The summed E-state index contributed by atoms with van der Waals surface area (Å²) in [5, 5.41) is 12.4. The zero-order valence-corrected chi connectivity index (χ0v) is 25.3. The molecular formula is C30H35F3N4O6S. The molecule has 3 aliphatic rings. The second kappa shape index (κ2) is 12.1. The minimum Gasteiger partial charge on any atom is -0.406 e. The van der Waals surface area contributed by atoms with Gasteiger partial charge in [0.25, 0.3) is 11.8 Å². The molecule has 10 nitrogen and oxygen atoms in total. The highest BCUT2D eigenvalue weighted by Crippen LogP contribution is 2.33. The van der Waals surface area contributed by atoms with Crippen LogP contribution in [-0.2, 0) is 21.2 Å². The third-order valence-electron chi connectivity index (χ3n) is 8.57. The van der Waals surface area contributed by atoms with Gasteiger partial charge in [0.2, 0.25) is 10.0 Å². The number of nitrogens with zero attached hydrogens (tertiary/aromatic N) is 3. The van der Waals surface area contributed by atoms with Crippen molar-refractivity contribution in [1.82, 2.24) is 14.5 Å². The van der Waals surface area contributed by atoms with Crippen LogP contribution in [0.15, 0.2) is 41.4 Å². The molecule has 3 heterocycles. The molecule has 238 valence electrons. The number of rotatable bonds is 7. The highest BCUT2D eigenvalue weighted by molar-refractivity contribution is 7.89. The molecule has 44 heavy (non-hydrogen) atoms. The Kier molecular flexibility index (Phi) is 8.80. The molecule has 0 aromatic heterocycles. The van der Waals surface area contributed by atoms with E-state index in [1.54, 1.807) is 17.0 Å². The number of amides is 2. The van der Waals surface area contributed by atoms with Gasteiger partial charge in [-0.15, -0.1) is 13.2 Å². The van der Waals surface area contributed by atoms with E-state index in [1.165, 1.54) is 16.4 Å². The first-order chi connectivity index (χ1) is 20.7. The first-order valence-electron chi connectivity index (χ1n) is 14.5. The molecule has 0 aliphatic carbocycles. The number of piperidine rings is 2. The number of hydrogen-bond donors (Lipinski definition) is 2. The van der Waals surface area contributed by atoms with E-state index in [-0.39, 0.29) is 61.5 Å². The minimum atomic E-state index is -4.86. The van der Waals surface area contributed by atoms with Crippen LogP contribution in [0.1, 0.15) is 58.3 Å². The Hall–Kier alpha value is -3.49. The van der Waals surface area contributed by atoms with E-state index in [1.807, 2.05) is 13.8 Å². The van der Waals surface area contributed by atoms with Crippen molar-refractivity contribution in [3.05, 3.63) is 64.2 Å². The topological polar surface area (TPSA) is 129 Å². The van der Waals surface area contributed by atoms with E-state index >= 15 is 0 Å². The predicted octanol–water partition coefficient (Wildman–Crippen LogP) is 3.08. The van der Waals surface area contributed by atoms with Crippen LogP contribution in [0, 0.1) is 13.8 Å². The lowest BCUT2D eigenvalue weighted by molar-refractivity contribution is -0.274. The zero-order chi connectivity index (χ0) is 31.9. The number of sulfonamides is 1.